The van der Waals surface area contributed by atoms with Gasteiger partial charge in [-0.25, -0.2) is 0 Å². The fourth-order valence-corrected chi connectivity index (χ4v) is 2.44. The van der Waals surface area contributed by atoms with Crippen LogP contribution in [0.15, 0.2) is 24.5 Å². The van der Waals surface area contributed by atoms with E-state index in [4.69, 9.17) is 4.74 Å². The molecule has 4 heteroatoms. The van der Waals surface area contributed by atoms with Crippen LogP contribution in [-0.4, -0.2) is 30.1 Å². The molecule has 2 rings (SSSR count). The van der Waals surface area contributed by atoms with Gasteiger partial charge in [-0.15, -0.1) is 0 Å². The monoisotopic (exact) mass is 248 g/mol. The minimum Gasteiger partial charge on any atom is -0.378 e. The van der Waals surface area contributed by atoms with E-state index in [1.165, 1.54) is 0 Å². The van der Waals surface area contributed by atoms with E-state index in [0.29, 0.717) is 23.9 Å². The van der Waals surface area contributed by atoms with Crippen molar-refractivity contribution < 1.29 is 9.53 Å². The van der Waals surface area contributed by atoms with Gasteiger partial charge in [0, 0.05) is 37.0 Å². The first-order valence-electron chi connectivity index (χ1n) is 6.48. The maximum absolute atomic E-state index is 11.9. The number of carbonyl (C=O) groups excluding carboxylic acids is 1. The number of hydrogen-bond donors (Lipinski definition) is 1. The van der Waals surface area contributed by atoms with Crippen molar-refractivity contribution in [3.05, 3.63) is 30.1 Å². The van der Waals surface area contributed by atoms with Crippen molar-refractivity contribution in [2.45, 2.75) is 26.4 Å². The quantitative estimate of drug-likeness (QED) is 0.885. The van der Waals surface area contributed by atoms with E-state index >= 15 is 0 Å². The van der Waals surface area contributed by atoms with Gasteiger partial charge in [0.05, 0.1) is 6.10 Å². The standard InChI is InChI=1S/C14H20N2O2/c1-10(2)13-12(5-8-18-13)9-16-14(17)11-3-6-15-7-4-11/h3-4,6-7,10,12-13H,5,8-9H2,1-2H3,(H,16,17)/t12-,13-/m1/s1. The summed E-state index contributed by atoms with van der Waals surface area (Å²) in [5.41, 5.74) is 0.657. The molecule has 1 aromatic rings. The zero-order valence-corrected chi connectivity index (χ0v) is 10.9. The van der Waals surface area contributed by atoms with Crippen molar-refractivity contribution in [2.24, 2.45) is 11.8 Å². The Bertz CT molecular complexity index is 392. The number of nitrogens with zero attached hydrogens (tertiary/aromatic N) is 1. The van der Waals surface area contributed by atoms with Crippen molar-refractivity contribution in [2.75, 3.05) is 13.2 Å². The molecular weight excluding hydrogens is 228 g/mol. The molecule has 98 valence electrons. The van der Waals surface area contributed by atoms with E-state index < -0.39 is 0 Å². The molecule has 1 aromatic heterocycles. The average molecular weight is 248 g/mol. The molecule has 1 saturated heterocycles. The second-order valence-electron chi connectivity index (χ2n) is 5.07. The lowest BCUT2D eigenvalue weighted by molar-refractivity contribution is 0.0533. The van der Waals surface area contributed by atoms with Crippen molar-refractivity contribution in [3.63, 3.8) is 0 Å². The SMILES string of the molecule is CC(C)[C@H]1OCC[C@@H]1CNC(=O)c1ccncc1. The number of amides is 1. The summed E-state index contributed by atoms with van der Waals surface area (Å²) in [6, 6.07) is 3.45. The molecular formula is C14H20N2O2. The molecule has 18 heavy (non-hydrogen) atoms. The third kappa shape index (κ3) is 3.07. The number of carbonyl (C=O) groups is 1. The summed E-state index contributed by atoms with van der Waals surface area (Å²) in [6.45, 7) is 5.81. The molecule has 0 spiro atoms. The molecule has 2 heterocycles. The Morgan fingerprint density at radius 1 is 1.50 bits per heavy atom. The molecule has 4 nitrogen and oxygen atoms in total. The van der Waals surface area contributed by atoms with Gasteiger partial charge in [0.25, 0.3) is 5.91 Å². The first-order chi connectivity index (χ1) is 8.68. The molecule has 1 amide bonds. The van der Waals surface area contributed by atoms with Crippen LogP contribution >= 0.6 is 0 Å². The molecule has 0 radical (unpaired) electrons. The maximum Gasteiger partial charge on any atom is 0.251 e. The molecule has 0 aliphatic carbocycles. The van der Waals surface area contributed by atoms with Gasteiger partial charge in [-0.2, -0.15) is 0 Å². The van der Waals surface area contributed by atoms with Crippen LogP contribution in [0.5, 0.6) is 0 Å². The van der Waals surface area contributed by atoms with E-state index in [0.717, 1.165) is 13.0 Å². The molecule has 1 N–H and O–H groups in total. The van der Waals surface area contributed by atoms with Crippen LogP contribution in [0.2, 0.25) is 0 Å². The number of hydrogen-bond acceptors (Lipinski definition) is 3. The Kier molecular flexibility index (Phi) is 4.31. The summed E-state index contributed by atoms with van der Waals surface area (Å²) in [7, 11) is 0. The largest absolute Gasteiger partial charge is 0.378 e. The highest BCUT2D eigenvalue weighted by atomic mass is 16.5. The minimum atomic E-state index is -0.0354. The number of rotatable bonds is 4. The van der Waals surface area contributed by atoms with Crippen molar-refractivity contribution >= 4 is 5.91 Å². The van der Waals surface area contributed by atoms with Crippen LogP contribution in [0.1, 0.15) is 30.6 Å². The van der Waals surface area contributed by atoms with Crippen LogP contribution in [0.25, 0.3) is 0 Å². The lowest BCUT2D eigenvalue weighted by Crippen LogP contribution is -2.34. The Morgan fingerprint density at radius 2 is 2.22 bits per heavy atom. The smallest absolute Gasteiger partial charge is 0.251 e. The summed E-state index contributed by atoms with van der Waals surface area (Å²) >= 11 is 0. The number of pyridine rings is 1. The Hall–Kier alpha value is -1.42. The third-order valence-corrected chi connectivity index (χ3v) is 3.39. The summed E-state index contributed by atoms with van der Waals surface area (Å²) in [5.74, 6) is 0.887. The van der Waals surface area contributed by atoms with Gasteiger partial charge >= 0.3 is 0 Å². The van der Waals surface area contributed by atoms with Crippen LogP contribution in [0, 0.1) is 11.8 Å². The molecule has 1 aliphatic rings. The highest BCUT2D eigenvalue weighted by Gasteiger charge is 2.30. The topological polar surface area (TPSA) is 51.2 Å². The molecule has 0 unspecified atom stereocenters. The summed E-state index contributed by atoms with van der Waals surface area (Å²) in [4.78, 5) is 15.8. The van der Waals surface area contributed by atoms with Gasteiger partial charge in [0.15, 0.2) is 0 Å². The predicted molar refractivity (Wildman–Crippen MR) is 69.3 cm³/mol. The highest BCUT2D eigenvalue weighted by molar-refractivity contribution is 5.93. The summed E-state index contributed by atoms with van der Waals surface area (Å²) < 4.78 is 5.70. The second kappa shape index (κ2) is 5.96. The van der Waals surface area contributed by atoms with E-state index in [9.17, 15) is 4.79 Å². The Balaban J connectivity index is 1.86. The molecule has 0 saturated carbocycles. The van der Waals surface area contributed by atoms with Crippen molar-refractivity contribution in [1.82, 2.24) is 10.3 Å². The van der Waals surface area contributed by atoms with E-state index in [1.807, 2.05) is 0 Å². The third-order valence-electron chi connectivity index (χ3n) is 3.39. The predicted octanol–water partition coefficient (Wildman–Crippen LogP) is 1.87. The minimum absolute atomic E-state index is 0.0354. The van der Waals surface area contributed by atoms with Gasteiger partial charge in [-0.1, -0.05) is 13.8 Å². The van der Waals surface area contributed by atoms with Gasteiger partial charge in [0.2, 0.25) is 0 Å². The van der Waals surface area contributed by atoms with Gasteiger partial charge in [-0.05, 0) is 24.5 Å². The van der Waals surface area contributed by atoms with Crippen LogP contribution in [-0.2, 0) is 4.74 Å². The van der Waals surface area contributed by atoms with Gasteiger partial charge < -0.3 is 10.1 Å². The molecule has 2 atom stereocenters. The lowest BCUT2D eigenvalue weighted by Gasteiger charge is -2.22. The Morgan fingerprint density at radius 3 is 2.89 bits per heavy atom. The Labute approximate surface area is 108 Å². The number of nitrogens with one attached hydrogen (secondary N) is 1. The molecule has 0 bridgehead atoms. The number of ether oxygens (including phenoxy) is 1. The maximum atomic E-state index is 11.9. The fourth-order valence-electron chi connectivity index (χ4n) is 2.44. The van der Waals surface area contributed by atoms with Gasteiger partial charge in [0.1, 0.15) is 0 Å². The molecule has 1 fully saturated rings. The van der Waals surface area contributed by atoms with E-state index in [2.05, 4.69) is 24.1 Å². The lowest BCUT2D eigenvalue weighted by atomic mass is 9.93. The molecule has 0 aromatic carbocycles. The van der Waals surface area contributed by atoms with Crippen molar-refractivity contribution in [3.8, 4) is 0 Å². The van der Waals surface area contributed by atoms with Gasteiger partial charge in [-0.3, -0.25) is 9.78 Å². The average Bonchev–Trinajstić information content (AvgIpc) is 2.85. The second-order valence-corrected chi connectivity index (χ2v) is 5.07. The summed E-state index contributed by atoms with van der Waals surface area (Å²) in [5, 5.41) is 2.98. The van der Waals surface area contributed by atoms with E-state index in [-0.39, 0.29) is 12.0 Å². The highest BCUT2D eigenvalue weighted by Crippen LogP contribution is 2.26. The summed E-state index contributed by atoms with van der Waals surface area (Å²) in [6.07, 6.45) is 4.55. The normalized spacial score (nSPS) is 23.3. The van der Waals surface area contributed by atoms with Crippen molar-refractivity contribution in [1.29, 1.82) is 0 Å². The van der Waals surface area contributed by atoms with Crippen LogP contribution < -0.4 is 5.32 Å². The first-order valence-corrected chi connectivity index (χ1v) is 6.48. The molecule has 1 aliphatic heterocycles. The van der Waals surface area contributed by atoms with Crippen LogP contribution in [0.4, 0.5) is 0 Å². The fraction of sp³-hybridized carbons (Fsp3) is 0.571. The van der Waals surface area contributed by atoms with Crippen LogP contribution in [0.3, 0.4) is 0 Å². The zero-order valence-electron chi connectivity index (χ0n) is 10.9. The zero-order chi connectivity index (χ0) is 13.0. The van der Waals surface area contributed by atoms with E-state index in [1.54, 1.807) is 24.5 Å². The first kappa shape index (κ1) is 13.0. The number of aromatic nitrogens is 1.